The summed E-state index contributed by atoms with van der Waals surface area (Å²) in [5.41, 5.74) is 0.380. The van der Waals surface area contributed by atoms with Gasteiger partial charge >= 0.3 is 0 Å². The Hall–Kier alpha value is 0.270. The van der Waals surface area contributed by atoms with Gasteiger partial charge in [0.1, 0.15) is 0 Å². The highest BCUT2D eigenvalue weighted by Crippen LogP contribution is 2.29. The van der Waals surface area contributed by atoms with Gasteiger partial charge in [-0.05, 0) is 68.9 Å². The van der Waals surface area contributed by atoms with Crippen LogP contribution in [0.25, 0.3) is 0 Å². The predicted molar refractivity (Wildman–Crippen MR) is 91.7 cm³/mol. The van der Waals surface area contributed by atoms with Gasteiger partial charge in [-0.3, -0.25) is 0 Å². The van der Waals surface area contributed by atoms with Gasteiger partial charge in [-0.2, -0.15) is 12.6 Å². The molecule has 1 atom stereocenters. The summed E-state index contributed by atoms with van der Waals surface area (Å²) in [7, 11) is 0. The third-order valence-electron chi connectivity index (χ3n) is 5.39. The predicted octanol–water partition coefficient (Wildman–Crippen LogP) is 3.53. The van der Waals surface area contributed by atoms with Gasteiger partial charge in [-0.1, -0.05) is 27.2 Å². The zero-order valence-corrected chi connectivity index (χ0v) is 14.7. The first-order valence-electron chi connectivity index (χ1n) is 8.58. The molecule has 20 heavy (non-hydrogen) atoms. The molecule has 1 unspecified atom stereocenters. The molecule has 0 amide bonds. The number of nitrogens with zero attached hydrogens (tertiary/aromatic N) is 2. The lowest BCUT2D eigenvalue weighted by Gasteiger charge is -2.42. The largest absolute Gasteiger partial charge is 0.303 e. The first-order valence-corrected chi connectivity index (χ1v) is 9.21. The van der Waals surface area contributed by atoms with E-state index in [0.717, 1.165) is 11.8 Å². The molecule has 0 N–H and O–H groups in total. The van der Waals surface area contributed by atoms with Crippen LogP contribution in [0.5, 0.6) is 0 Å². The number of thiol groups is 1. The van der Waals surface area contributed by atoms with E-state index in [2.05, 4.69) is 43.2 Å². The lowest BCUT2D eigenvalue weighted by molar-refractivity contribution is 0.0751. The molecule has 0 radical (unpaired) electrons. The van der Waals surface area contributed by atoms with Crippen molar-refractivity contribution in [2.75, 3.05) is 38.5 Å². The summed E-state index contributed by atoms with van der Waals surface area (Å²) in [4.78, 5) is 5.45. The SMILES string of the molecule is CC(C)(C)C(CS)CN1CCC(N2CCCCC2)CC1. The van der Waals surface area contributed by atoms with Gasteiger partial charge in [-0.15, -0.1) is 0 Å². The van der Waals surface area contributed by atoms with Gasteiger partial charge in [0.15, 0.2) is 0 Å². The van der Waals surface area contributed by atoms with Gasteiger partial charge in [0.25, 0.3) is 0 Å². The Balaban J connectivity index is 1.76. The van der Waals surface area contributed by atoms with Crippen molar-refractivity contribution in [2.45, 2.75) is 58.9 Å². The monoisotopic (exact) mass is 298 g/mol. The van der Waals surface area contributed by atoms with Gasteiger partial charge in [0, 0.05) is 12.6 Å². The lowest BCUT2D eigenvalue weighted by atomic mass is 9.81. The molecule has 2 fully saturated rings. The van der Waals surface area contributed by atoms with Crippen LogP contribution in [0.15, 0.2) is 0 Å². The van der Waals surface area contributed by atoms with Crippen LogP contribution < -0.4 is 0 Å². The second-order valence-electron chi connectivity index (χ2n) is 7.87. The summed E-state index contributed by atoms with van der Waals surface area (Å²) in [5.74, 6) is 1.72. The minimum Gasteiger partial charge on any atom is -0.303 e. The van der Waals surface area contributed by atoms with Crippen molar-refractivity contribution in [1.82, 2.24) is 9.80 Å². The summed E-state index contributed by atoms with van der Waals surface area (Å²) in [5, 5.41) is 0. The zero-order valence-electron chi connectivity index (χ0n) is 13.8. The first-order chi connectivity index (χ1) is 9.50. The molecule has 2 nitrogen and oxygen atoms in total. The second-order valence-corrected chi connectivity index (χ2v) is 8.24. The Bertz CT molecular complexity index is 273. The van der Waals surface area contributed by atoms with Gasteiger partial charge < -0.3 is 9.80 Å². The quantitative estimate of drug-likeness (QED) is 0.793. The van der Waals surface area contributed by atoms with Crippen LogP contribution in [0.4, 0.5) is 0 Å². The van der Waals surface area contributed by atoms with E-state index >= 15 is 0 Å². The number of rotatable bonds is 4. The number of hydrogen-bond acceptors (Lipinski definition) is 3. The van der Waals surface area contributed by atoms with Crippen molar-refractivity contribution in [2.24, 2.45) is 11.3 Å². The van der Waals surface area contributed by atoms with Gasteiger partial charge in [0.2, 0.25) is 0 Å². The van der Waals surface area contributed by atoms with Crippen LogP contribution in [-0.4, -0.2) is 54.3 Å². The van der Waals surface area contributed by atoms with Crippen LogP contribution >= 0.6 is 12.6 Å². The molecule has 2 saturated heterocycles. The maximum absolute atomic E-state index is 4.57. The van der Waals surface area contributed by atoms with Crippen LogP contribution in [-0.2, 0) is 0 Å². The molecule has 0 aromatic heterocycles. The Morgan fingerprint density at radius 3 is 2.10 bits per heavy atom. The Morgan fingerprint density at radius 1 is 1.00 bits per heavy atom. The second kappa shape index (κ2) is 7.51. The van der Waals surface area contributed by atoms with Crippen molar-refractivity contribution in [3.63, 3.8) is 0 Å². The van der Waals surface area contributed by atoms with Crippen LogP contribution in [0.2, 0.25) is 0 Å². The highest BCUT2D eigenvalue weighted by Gasteiger charge is 2.29. The average Bonchev–Trinajstić information content (AvgIpc) is 2.45. The van der Waals surface area contributed by atoms with E-state index in [1.165, 1.54) is 64.8 Å². The van der Waals surface area contributed by atoms with Crippen molar-refractivity contribution < 1.29 is 0 Å². The van der Waals surface area contributed by atoms with Crippen molar-refractivity contribution in [1.29, 1.82) is 0 Å². The molecule has 2 heterocycles. The van der Waals surface area contributed by atoms with E-state index in [1.54, 1.807) is 0 Å². The summed E-state index contributed by atoms with van der Waals surface area (Å²) < 4.78 is 0. The maximum atomic E-state index is 4.57. The highest BCUT2D eigenvalue weighted by atomic mass is 32.1. The Labute approximate surface area is 131 Å². The molecule has 0 aromatic rings. The van der Waals surface area contributed by atoms with Crippen molar-refractivity contribution in [3.8, 4) is 0 Å². The van der Waals surface area contributed by atoms with E-state index in [4.69, 9.17) is 0 Å². The maximum Gasteiger partial charge on any atom is 0.0120 e. The Morgan fingerprint density at radius 2 is 1.60 bits per heavy atom. The third-order valence-corrected chi connectivity index (χ3v) is 5.83. The fourth-order valence-corrected chi connectivity index (χ4v) is 4.33. The average molecular weight is 299 g/mol. The molecular weight excluding hydrogens is 264 g/mol. The molecular formula is C17H34N2S. The van der Waals surface area contributed by atoms with Crippen molar-refractivity contribution in [3.05, 3.63) is 0 Å². The van der Waals surface area contributed by atoms with E-state index in [-0.39, 0.29) is 0 Å². The highest BCUT2D eigenvalue weighted by molar-refractivity contribution is 7.80. The van der Waals surface area contributed by atoms with Crippen LogP contribution in [0, 0.1) is 11.3 Å². The zero-order chi connectivity index (χ0) is 14.6. The molecule has 118 valence electrons. The smallest absolute Gasteiger partial charge is 0.0120 e. The van der Waals surface area contributed by atoms with E-state index in [0.29, 0.717) is 11.3 Å². The summed E-state index contributed by atoms with van der Waals surface area (Å²) >= 11 is 4.57. The molecule has 2 aliphatic heterocycles. The van der Waals surface area contributed by atoms with Gasteiger partial charge in [0.05, 0.1) is 0 Å². The number of piperidine rings is 2. The third kappa shape index (κ3) is 4.64. The molecule has 3 heteroatoms. The summed E-state index contributed by atoms with van der Waals surface area (Å²) in [6.45, 7) is 13.6. The van der Waals surface area contributed by atoms with Gasteiger partial charge in [-0.25, -0.2) is 0 Å². The molecule has 0 aliphatic carbocycles. The minimum absolute atomic E-state index is 0.380. The topological polar surface area (TPSA) is 6.48 Å². The number of likely N-dealkylation sites (tertiary alicyclic amines) is 2. The molecule has 0 saturated carbocycles. The number of hydrogen-bond donors (Lipinski definition) is 1. The van der Waals surface area contributed by atoms with Crippen molar-refractivity contribution >= 4 is 12.6 Å². The van der Waals surface area contributed by atoms with E-state index in [9.17, 15) is 0 Å². The van der Waals surface area contributed by atoms with E-state index in [1.807, 2.05) is 0 Å². The molecule has 0 aromatic carbocycles. The molecule has 0 bridgehead atoms. The van der Waals surface area contributed by atoms with Crippen LogP contribution in [0.3, 0.4) is 0 Å². The summed E-state index contributed by atoms with van der Waals surface area (Å²) in [6, 6.07) is 0.871. The fraction of sp³-hybridized carbons (Fsp3) is 1.00. The standard InChI is InChI=1S/C17H34N2S/c1-17(2,3)15(14-20)13-18-11-7-16(8-12-18)19-9-5-4-6-10-19/h15-16,20H,4-14H2,1-3H3. The molecule has 2 rings (SSSR count). The van der Waals surface area contributed by atoms with Crippen LogP contribution in [0.1, 0.15) is 52.9 Å². The molecule has 2 aliphatic rings. The lowest BCUT2D eigenvalue weighted by Crippen LogP contribution is -2.48. The first kappa shape index (κ1) is 16.6. The van der Waals surface area contributed by atoms with E-state index < -0.39 is 0 Å². The Kier molecular flexibility index (Phi) is 6.25. The normalized spacial score (nSPS) is 25.8. The molecule has 0 spiro atoms. The summed E-state index contributed by atoms with van der Waals surface area (Å²) in [6.07, 6.45) is 7.05. The minimum atomic E-state index is 0.380. The fourth-order valence-electron chi connectivity index (χ4n) is 3.67.